The van der Waals surface area contributed by atoms with Crippen molar-refractivity contribution in [2.45, 2.75) is 38.5 Å². The molecule has 0 unspecified atom stereocenters. The minimum absolute atomic E-state index is 0.0819. The molecular formula is C13H21NO4. The molecule has 0 radical (unpaired) electrons. The highest BCUT2D eigenvalue weighted by molar-refractivity contribution is 5.77. The summed E-state index contributed by atoms with van der Waals surface area (Å²) in [5.74, 6) is -0.718. The van der Waals surface area contributed by atoms with Crippen molar-refractivity contribution in [3.8, 4) is 0 Å². The molecule has 0 atom stereocenters. The van der Waals surface area contributed by atoms with Gasteiger partial charge in [0.2, 0.25) is 5.91 Å². The van der Waals surface area contributed by atoms with E-state index in [2.05, 4.69) is 0 Å². The molecule has 0 aromatic carbocycles. The Bertz CT molecular complexity index is 323. The Morgan fingerprint density at radius 3 is 2.56 bits per heavy atom. The van der Waals surface area contributed by atoms with Gasteiger partial charge >= 0.3 is 5.97 Å². The van der Waals surface area contributed by atoms with Crippen LogP contribution in [0.25, 0.3) is 0 Å². The van der Waals surface area contributed by atoms with Gasteiger partial charge in [-0.25, -0.2) is 0 Å². The third kappa shape index (κ3) is 3.22. The number of nitrogens with zero attached hydrogens (tertiary/aromatic N) is 1. The summed E-state index contributed by atoms with van der Waals surface area (Å²) >= 11 is 0. The second-order valence-electron chi connectivity index (χ2n) is 5.42. The van der Waals surface area contributed by atoms with Crippen molar-refractivity contribution in [1.29, 1.82) is 0 Å². The van der Waals surface area contributed by atoms with Gasteiger partial charge in [0.1, 0.15) is 0 Å². The van der Waals surface area contributed by atoms with Gasteiger partial charge in [-0.05, 0) is 31.1 Å². The molecule has 0 aliphatic carbocycles. The number of carboxylic acids is 1. The predicted octanol–water partition coefficient (Wildman–Crippen LogP) is 1.27. The zero-order valence-corrected chi connectivity index (χ0v) is 10.7. The molecule has 1 amide bonds. The minimum atomic E-state index is -0.829. The fraction of sp³-hybridized carbons (Fsp3) is 0.846. The van der Waals surface area contributed by atoms with E-state index >= 15 is 0 Å². The highest BCUT2D eigenvalue weighted by Gasteiger charge is 2.40. The van der Waals surface area contributed by atoms with Crippen molar-refractivity contribution >= 4 is 11.9 Å². The largest absolute Gasteiger partial charge is 0.481 e. The molecule has 0 bridgehead atoms. The number of amides is 1. The van der Waals surface area contributed by atoms with Crippen molar-refractivity contribution in [2.24, 2.45) is 5.41 Å². The van der Waals surface area contributed by atoms with Crippen LogP contribution >= 0.6 is 0 Å². The maximum absolute atomic E-state index is 12.0. The maximum Gasteiger partial charge on any atom is 0.303 e. The van der Waals surface area contributed by atoms with E-state index < -0.39 is 5.97 Å². The predicted molar refractivity (Wildman–Crippen MR) is 65.2 cm³/mol. The molecule has 102 valence electrons. The Hall–Kier alpha value is -1.10. The zero-order valence-electron chi connectivity index (χ0n) is 10.7. The van der Waals surface area contributed by atoms with Gasteiger partial charge in [0, 0.05) is 39.1 Å². The summed E-state index contributed by atoms with van der Waals surface area (Å²) < 4.78 is 5.37. The smallest absolute Gasteiger partial charge is 0.303 e. The molecule has 5 nitrogen and oxygen atoms in total. The quantitative estimate of drug-likeness (QED) is 0.821. The van der Waals surface area contributed by atoms with Gasteiger partial charge < -0.3 is 14.7 Å². The molecule has 2 saturated heterocycles. The van der Waals surface area contributed by atoms with Gasteiger partial charge in [-0.1, -0.05) is 0 Å². The number of aliphatic carboxylic acids is 1. The molecule has 0 saturated carbocycles. The van der Waals surface area contributed by atoms with Crippen LogP contribution in [0.4, 0.5) is 0 Å². The third-order valence-electron chi connectivity index (χ3n) is 4.13. The molecule has 2 rings (SSSR count). The van der Waals surface area contributed by atoms with Crippen molar-refractivity contribution in [3.05, 3.63) is 0 Å². The van der Waals surface area contributed by atoms with E-state index in [-0.39, 0.29) is 17.7 Å². The lowest BCUT2D eigenvalue weighted by atomic mass is 9.80. The summed E-state index contributed by atoms with van der Waals surface area (Å²) in [4.78, 5) is 24.3. The van der Waals surface area contributed by atoms with Crippen LogP contribution in [0.15, 0.2) is 0 Å². The number of hydrogen-bond donors (Lipinski definition) is 1. The topological polar surface area (TPSA) is 66.8 Å². The molecule has 2 aliphatic rings. The number of carboxylic acid groups (broad SMARTS) is 1. The van der Waals surface area contributed by atoms with Crippen LogP contribution in [0.1, 0.15) is 38.5 Å². The molecule has 2 heterocycles. The van der Waals surface area contributed by atoms with E-state index in [9.17, 15) is 9.59 Å². The summed E-state index contributed by atoms with van der Waals surface area (Å²) in [7, 11) is 0. The molecule has 1 N–H and O–H groups in total. The first-order valence-electron chi connectivity index (χ1n) is 6.69. The first-order chi connectivity index (χ1) is 8.61. The molecule has 2 aliphatic heterocycles. The molecule has 18 heavy (non-hydrogen) atoms. The van der Waals surface area contributed by atoms with Gasteiger partial charge in [0.05, 0.1) is 0 Å². The summed E-state index contributed by atoms with van der Waals surface area (Å²) in [6.07, 6.45) is 4.05. The van der Waals surface area contributed by atoms with Gasteiger partial charge in [-0.3, -0.25) is 9.59 Å². The minimum Gasteiger partial charge on any atom is -0.481 e. The molecular weight excluding hydrogens is 234 g/mol. The van der Waals surface area contributed by atoms with Gasteiger partial charge in [0.15, 0.2) is 0 Å². The first kappa shape index (κ1) is 13.3. The van der Waals surface area contributed by atoms with Crippen LogP contribution in [0.5, 0.6) is 0 Å². The molecule has 2 fully saturated rings. The Kier molecular flexibility index (Phi) is 4.22. The summed E-state index contributed by atoms with van der Waals surface area (Å²) in [6, 6.07) is 0. The van der Waals surface area contributed by atoms with Crippen LogP contribution in [-0.2, 0) is 14.3 Å². The number of ether oxygens (including phenoxy) is 1. The number of carbonyl (C=O) groups excluding carboxylic acids is 1. The Morgan fingerprint density at radius 2 is 1.89 bits per heavy atom. The van der Waals surface area contributed by atoms with E-state index in [1.165, 1.54) is 0 Å². The molecule has 5 heteroatoms. The van der Waals surface area contributed by atoms with Crippen molar-refractivity contribution in [3.63, 3.8) is 0 Å². The van der Waals surface area contributed by atoms with Crippen molar-refractivity contribution < 1.29 is 19.4 Å². The van der Waals surface area contributed by atoms with E-state index in [1.54, 1.807) is 0 Å². The average Bonchev–Trinajstić information content (AvgIpc) is 2.73. The summed E-state index contributed by atoms with van der Waals surface area (Å²) in [6.45, 7) is 3.27. The Balaban J connectivity index is 1.77. The van der Waals surface area contributed by atoms with Gasteiger partial charge in [-0.2, -0.15) is 0 Å². The van der Waals surface area contributed by atoms with E-state index in [0.29, 0.717) is 12.8 Å². The number of carbonyl (C=O) groups is 2. The monoisotopic (exact) mass is 255 g/mol. The van der Waals surface area contributed by atoms with E-state index in [4.69, 9.17) is 9.84 Å². The lowest BCUT2D eigenvalue weighted by Gasteiger charge is -2.33. The number of rotatable bonds is 4. The highest BCUT2D eigenvalue weighted by atomic mass is 16.5. The van der Waals surface area contributed by atoms with Gasteiger partial charge in [0.25, 0.3) is 0 Å². The lowest BCUT2D eigenvalue weighted by molar-refractivity contribution is -0.137. The van der Waals surface area contributed by atoms with Crippen LogP contribution in [0.3, 0.4) is 0 Å². The lowest BCUT2D eigenvalue weighted by Crippen LogP contribution is -2.35. The van der Waals surface area contributed by atoms with E-state index in [1.807, 2.05) is 4.90 Å². The molecule has 0 aromatic heterocycles. The van der Waals surface area contributed by atoms with Crippen LogP contribution < -0.4 is 0 Å². The third-order valence-corrected chi connectivity index (χ3v) is 4.13. The zero-order chi connectivity index (χ0) is 13.0. The average molecular weight is 255 g/mol. The van der Waals surface area contributed by atoms with Crippen molar-refractivity contribution in [1.82, 2.24) is 4.90 Å². The second kappa shape index (κ2) is 5.69. The molecule has 0 aromatic rings. The fourth-order valence-electron chi connectivity index (χ4n) is 2.91. The Labute approximate surface area is 107 Å². The van der Waals surface area contributed by atoms with Crippen LogP contribution in [0.2, 0.25) is 0 Å². The van der Waals surface area contributed by atoms with Crippen molar-refractivity contribution in [2.75, 3.05) is 26.3 Å². The van der Waals surface area contributed by atoms with Crippen LogP contribution in [0, 0.1) is 5.41 Å². The molecule has 1 spiro atoms. The normalized spacial score (nSPS) is 22.3. The summed E-state index contributed by atoms with van der Waals surface area (Å²) in [5.41, 5.74) is 0.278. The second-order valence-corrected chi connectivity index (χ2v) is 5.42. The SMILES string of the molecule is O=C(O)CCCC(=O)N1CCC2(CCOCC2)C1. The Morgan fingerprint density at radius 1 is 1.17 bits per heavy atom. The summed E-state index contributed by atoms with van der Waals surface area (Å²) in [5, 5.41) is 8.55. The standard InChI is InChI=1S/C13H21NO4/c15-11(2-1-3-12(16)17)14-7-4-13(10-14)5-8-18-9-6-13/h1-10H2,(H,16,17). The maximum atomic E-state index is 12.0. The fourth-order valence-corrected chi connectivity index (χ4v) is 2.91. The number of hydrogen-bond acceptors (Lipinski definition) is 3. The van der Waals surface area contributed by atoms with E-state index in [0.717, 1.165) is 45.6 Å². The highest BCUT2D eigenvalue weighted by Crippen LogP contribution is 2.39. The van der Waals surface area contributed by atoms with Crippen LogP contribution in [-0.4, -0.2) is 48.2 Å². The number of likely N-dealkylation sites (tertiary alicyclic amines) is 1. The van der Waals surface area contributed by atoms with Gasteiger partial charge in [-0.15, -0.1) is 0 Å². The first-order valence-corrected chi connectivity index (χ1v) is 6.69.